The van der Waals surface area contributed by atoms with E-state index in [1.165, 1.54) is 37.3 Å². The van der Waals surface area contributed by atoms with Gasteiger partial charge in [0.25, 0.3) is 11.8 Å². The standard InChI is InChI=1S/C22H23F3N2O5/c1-30-18-8-7-15(13-19(18)31-2)21(29)27-11-9-26(10-12-27)20(28)14-32-17-6-4-3-5-16(17)22(23,24)25/h3-8,13H,9-12,14H2,1-2H3. The van der Waals surface area contributed by atoms with Crippen LogP contribution in [0.3, 0.4) is 0 Å². The average molecular weight is 452 g/mol. The maximum absolute atomic E-state index is 13.0. The van der Waals surface area contributed by atoms with E-state index < -0.39 is 30.0 Å². The largest absolute Gasteiger partial charge is 0.493 e. The van der Waals surface area contributed by atoms with Crippen molar-refractivity contribution in [3.8, 4) is 17.2 Å². The van der Waals surface area contributed by atoms with Crippen LogP contribution in [-0.4, -0.2) is 68.6 Å². The first kappa shape index (κ1) is 23.2. The Morgan fingerprint density at radius 2 is 1.50 bits per heavy atom. The van der Waals surface area contributed by atoms with E-state index in [0.717, 1.165) is 6.07 Å². The van der Waals surface area contributed by atoms with Crippen LogP contribution in [0.25, 0.3) is 0 Å². The Labute approximate surface area is 183 Å². The Morgan fingerprint density at radius 3 is 2.12 bits per heavy atom. The monoisotopic (exact) mass is 452 g/mol. The van der Waals surface area contributed by atoms with Crippen molar-refractivity contribution in [3.05, 3.63) is 53.6 Å². The zero-order valence-corrected chi connectivity index (χ0v) is 17.6. The van der Waals surface area contributed by atoms with Gasteiger partial charge in [-0.05, 0) is 30.3 Å². The second kappa shape index (κ2) is 9.80. The number of nitrogens with zero attached hydrogens (tertiary/aromatic N) is 2. The maximum atomic E-state index is 13.0. The molecule has 0 aromatic heterocycles. The molecule has 1 saturated heterocycles. The summed E-state index contributed by atoms with van der Waals surface area (Å²) in [6.45, 7) is 0.567. The van der Waals surface area contributed by atoms with Crippen LogP contribution in [0, 0.1) is 0 Å². The van der Waals surface area contributed by atoms with Gasteiger partial charge in [-0.1, -0.05) is 12.1 Å². The molecule has 0 aliphatic carbocycles. The average Bonchev–Trinajstić information content (AvgIpc) is 2.81. The number of carbonyl (C=O) groups is 2. The SMILES string of the molecule is COc1ccc(C(=O)N2CCN(C(=O)COc3ccccc3C(F)(F)F)CC2)cc1OC. The quantitative estimate of drug-likeness (QED) is 0.674. The molecule has 0 radical (unpaired) electrons. The van der Waals surface area contributed by atoms with Gasteiger partial charge in [0.15, 0.2) is 18.1 Å². The summed E-state index contributed by atoms with van der Waals surface area (Å²) in [5, 5.41) is 0. The molecule has 2 aromatic rings. The predicted octanol–water partition coefficient (Wildman–Crippen LogP) is 3.09. The van der Waals surface area contributed by atoms with Gasteiger partial charge in [0.2, 0.25) is 0 Å². The number of halogens is 3. The second-order valence-corrected chi connectivity index (χ2v) is 7.03. The third kappa shape index (κ3) is 5.24. The molecule has 2 amide bonds. The highest BCUT2D eigenvalue weighted by Gasteiger charge is 2.34. The molecule has 1 fully saturated rings. The minimum absolute atomic E-state index is 0.214. The highest BCUT2D eigenvalue weighted by atomic mass is 19.4. The number of carbonyl (C=O) groups excluding carboxylic acids is 2. The van der Waals surface area contributed by atoms with E-state index in [9.17, 15) is 22.8 Å². The number of benzene rings is 2. The van der Waals surface area contributed by atoms with E-state index in [2.05, 4.69) is 0 Å². The topological polar surface area (TPSA) is 68.3 Å². The molecule has 172 valence electrons. The van der Waals surface area contributed by atoms with Crippen molar-refractivity contribution in [2.75, 3.05) is 47.0 Å². The number of ether oxygens (including phenoxy) is 3. The van der Waals surface area contributed by atoms with Crippen LogP contribution < -0.4 is 14.2 Å². The van der Waals surface area contributed by atoms with E-state index in [-0.39, 0.29) is 32.1 Å². The number of piperazine rings is 1. The molecule has 0 atom stereocenters. The van der Waals surface area contributed by atoms with Crippen LogP contribution in [-0.2, 0) is 11.0 Å². The van der Waals surface area contributed by atoms with E-state index in [4.69, 9.17) is 14.2 Å². The highest BCUT2D eigenvalue weighted by molar-refractivity contribution is 5.95. The summed E-state index contributed by atoms with van der Waals surface area (Å²) < 4.78 is 54.7. The lowest BCUT2D eigenvalue weighted by molar-refractivity contribution is -0.141. The second-order valence-electron chi connectivity index (χ2n) is 7.03. The lowest BCUT2D eigenvalue weighted by Crippen LogP contribution is -2.51. The van der Waals surface area contributed by atoms with Gasteiger partial charge in [0, 0.05) is 31.7 Å². The van der Waals surface area contributed by atoms with Crippen molar-refractivity contribution >= 4 is 11.8 Å². The summed E-state index contributed by atoms with van der Waals surface area (Å²) in [5.41, 5.74) is -0.507. The van der Waals surface area contributed by atoms with Gasteiger partial charge in [-0.15, -0.1) is 0 Å². The Kier molecular flexibility index (Phi) is 7.12. The third-order valence-electron chi connectivity index (χ3n) is 5.09. The fraction of sp³-hybridized carbons (Fsp3) is 0.364. The minimum Gasteiger partial charge on any atom is -0.493 e. The van der Waals surface area contributed by atoms with Gasteiger partial charge in [-0.25, -0.2) is 0 Å². The molecule has 3 rings (SSSR count). The first-order chi connectivity index (χ1) is 15.2. The minimum atomic E-state index is -4.57. The summed E-state index contributed by atoms with van der Waals surface area (Å²) in [7, 11) is 2.98. The van der Waals surface area contributed by atoms with Crippen LogP contribution in [0.4, 0.5) is 13.2 Å². The molecular formula is C22H23F3N2O5. The van der Waals surface area contributed by atoms with Gasteiger partial charge in [-0.3, -0.25) is 9.59 Å². The number of para-hydroxylation sites is 1. The van der Waals surface area contributed by atoms with Crippen LogP contribution in [0.2, 0.25) is 0 Å². The van der Waals surface area contributed by atoms with E-state index >= 15 is 0 Å². The maximum Gasteiger partial charge on any atom is 0.419 e. The summed E-state index contributed by atoms with van der Waals surface area (Å²) in [6, 6.07) is 9.60. The molecule has 0 saturated carbocycles. The van der Waals surface area contributed by atoms with Crippen LogP contribution in [0.5, 0.6) is 17.2 Å². The molecule has 1 aliphatic heterocycles. The normalized spacial score (nSPS) is 14.2. The van der Waals surface area contributed by atoms with Gasteiger partial charge >= 0.3 is 6.18 Å². The molecular weight excluding hydrogens is 429 g/mol. The van der Waals surface area contributed by atoms with Crippen molar-refractivity contribution < 1.29 is 37.0 Å². The molecule has 7 nitrogen and oxygen atoms in total. The highest BCUT2D eigenvalue weighted by Crippen LogP contribution is 2.35. The molecule has 0 N–H and O–H groups in total. The first-order valence-electron chi connectivity index (χ1n) is 9.82. The Balaban J connectivity index is 1.56. The van der Waals surface area contributed by atoms with Crippen molar-refractivity contribution in [3.63, 3.8) is 0 Å². The Morgan fingerprint density at radius 1 is 0.875 bits per heavy atom. The molecule has 2 aromatic carbocycles. The first-order valence-corrected chi connectivity index (χ1v) is 9.82. The molecule has 10 heteroatoms. The third-order valence-corrected chi connectivity index (χ3v) is 5.09. The van der Waals surface area contributed by atoms with E-state index in [1.807, 2.05) is 0 Å². The van der Waals surface area contributed by atoms with Gasteiger partial charge in [0.1, 0.15) is 5.75 Å². The van der Waals surface area contributed by atoms with Crippen LogP contribution >= 0.6 is 0 Å². The molecule has 1 heterocycles. The predicted molar refractivity (Wildman–Crippen MR) is 109 cm³/mol. The zero-order valence-electron chi connectivity index (χ0n) is 17.6. The van der Waals surface area contributed by atoms with Gasteiger partial charge in [0.05, 0.1) is 19.8 Å². The van der Waals surface area contributed by atoms with Gasteiger partial charge < -0.3 is 24.0 Å². The number of amides is 2. The number of rotatable bonds is 6. The fourth-order valence-corrected chi connectivity index (χ4v) is 3.37. The lowest BCUT2D eigenvalue weighted by atomic mass is 10.1. The van der Waals surface area contributed by atoms with Crippen molar-refractivity contribution in [1.29, 1.82) is 0 Å². The summed E-state index contributed by atoms with van der Waals surface area (Å²) in [6.07, 6.45) is -4.57. The lowest BCUT2D eigenvalue weighted by Gasteiger charge is -2.34. The Hall–Kier alpha value is -3.43. The van der Waals surface area contributed by atoms with Crippen molar-refractivity contribution in [1.82, 2.24) is 9.80 Å². The van der Waals surface area contributed by atoms with Crippen LogP contribution in [0.15, 0.2) is 42.5 Å². The Bertz CT molecular complexity index is 972. The number of hydrogen-bond acceptors (Lipinski definition) is 5. The zero-order chi connectivity index (χ0) is 23.3. The molecule has 0 spiro atoms. The van der Waals surface area contributed by atoms with Crippen molar-refractivity contribution in [2.45, 2.75) is 6.18 Å². The number of methoxy groups -OCH3 is 2. The van der Waals surface area contributed by atoms with Crippen molar-refractivity contribution in [2.24, 2.45) is 0 Å². The summed E-state index contributed by atoms with van der Waals surface area (Å²) in [4.78, 5) is 28.3. The van der Waals surface area contributed by atoms with E-state index in [1.54, 1.807) is 23.1 Å². The van der Waals surface area contributed by atoms with Gasteiger partial charge in [-0.2, -0.15) is 13.2 Å². The molecule has 32 heavy (non-hydrogen) atoms. The smallest absolute Gasteiger partial charge is 0.419 e. The molecule has 1 aliphatic rings. The number of hydrogen-bond donors (Lipinski definition) is 0. The van der Waals surface area contributed by atoms with E-state index in [0.29, 0.717) is 17.1 Å². The summed E-state index contributed by atoms with van der Waals surface area (Å²) >= 11 is 0. The molecule has 0 unspecified atom stereocenters. The van der Waals surface area contributed by atoms with Crippen LogP contribution in [0.1, 0.15) is 15.9 Å². The fourth-order valence-electron chi connectivity index (χ4n) is 3.37. The molecule has 0 bridgehead atoms. The summed E-state index contributed by atoms with van der Waals surface area (Å²) in [5.74, 6) is -0.112. The number of alkyl halides is 3.